The lowest BCUT2D eigenvalue weighted by molar-refractivity contribution is 0.202. The van der Waals surface area contributed by atoms with Gasteiger partial charge in [0.15, 0.2) is 0 Å². The summed E-state index contributed by atoms with van der Waals surface area (Å²) < 4.78 is 5.15. The fourth-order valence-corrected chi connectivity index (χ4v) is 3.40. The molecule has 1 aliphatic rings. The third-order valence-electron chi connectivity index (χ3n) is 4.77. The average Bonchev–Trinajstić information content (AvgIpc) is 3.10. The van der Waals surface area contributed by atoms with Gasteiger partial charge in [0, 0.05) is 25.9 Å². The number of amides is 2. The quantitative estimate of drug-likeness (QED) is 0.866. The largest absolute Gasteiger partial charge is 0.384 e. The number of benzene rings is 2. The predicted octanol–water partition coefficient (Wildman–Crippen LogP) is 3.97. The van der Waals surface area contributed by atoms with Crippen molar-refractivity contribution in [3.8, 4) is 0 Å². The molecule has 2 aromatic rings. The molecule has 0 bridgehead atoms. The lowest BCUT2D eigenvalue weighted by Gasteiger charge is -2.19. The highest BCUT2D eigenvalue weighted by atomic mass is 16.5. The molecule has 0 saturated carbocycles. The Morgan fingerprint density at radius 3 is 2.72 bits per heavy atom. The number of methoxy groups -OCH3 is 1. The first-order valence-corrected chi connectivity index (χ1v) is 8.93. The first-order valence-electron chi connectivity index (χ1n) is 8.93. The number of rotatable bonds is 6. The highest BCUT2D eigenvalue weighted by molar-refractivity contribution is 5.90. The van der Waals surface area contributed by atoms with Gasteiger partial charge in [-0.1, -0.05) is 48.5 Å². The van der Waals surface area contributed by atoms with Gasteiger partial charge in [-0.05, 0) is 42.4 Å². The number of urea groups is 1. The van der Waals surface area contributed by atoms with Crippen LogP contribution in [0.3, 0.4) is 0 Å². The van der Waals surface area contributed by atoms with Gasteiger partial charge in [-0.2, -0.15) is 0 Å². The molecule has 4 nitrogen and oxygen atoms in total. The molecule has 1 N–H and O–H groups in total. The standard InChI is InChI=1S/C21H26N2O2/c1-25-14-12-19-9-5-6-10-20(19)22-21(24)23-13-11-18(16-23)15-17-7-3-2-4-8-17/h2-10,18H,11-16H2,1H3,(H,22,24)/t18-/m0/s1. The zero-order valence-corrected chi connectivity index (χ0v) is 14.8. The van der Waals surface area contributed by atoms with Crippen LogP contribution in [-0.2, 0) is 17.6 Å². The van der Waals surface area contributed by atoms with Crippen molar-refractivity contribution < 1.29 is 9.53 Å². The van der Waals surface area contributed by atoms with Gasteiger partial charge < -0.3 is 15.0 Å². The molecule has 1 fully saturated rings. The Hall–Kier alpha value is -2.33. The summed E-state index contributed by atoms with van der Waals surface area (Å²) in [5.74, 6) is 0.539. The lowest BCUT2D eigenvalue weighted by Crippen LogP contribution is -2.33. The van der Waals surface area contributed by atoms with Crippen LogP contribution >= 0.6 is 0 Å². The number of carbonyl (C=O) groups excluding carboxylic acids is 1. The number of anilines is 1. The van der Waals surface area contributed by atoms with Gasteiger partial charge in [-0.3, -0.25) is 0 Å². The zero-order chi connectivity index (χ0) is 17.5. The molecule has 0 aromatic heterocycles. The van der Waals surface area contributed by atoms with Crippen LogP contribution in [0.1, 0.15) is 17.5 Å². The second-order valence-corrected chi connectivity index (χ2v) is 6.62. The molecular weight excluding hydrogens is 312 g/mol. The molecule has 0 radical (unpaired) electrons. The molecule has 3 rings (SSSR count). The zero-order valence-electron chi connectivity index (χ0n) is 14.8. The Morgan fingerprint density at radius 1 is 1.16 bits per heavy atom. The number of nitrogens with zero attached hydrogens (tertiary/aromatic N) is 1. The van der Waals surface area contributed by atoms with Crippen LogP contribution in [0.15, 0.2) is 54.6 Å². The van der Waals surface area contributed by atoms with Gasteiger partial charge >= 0.3 is 6.03 Å². The Morgan fingerprint density at radius 2 is 1.92 bits per heavy atom. The summed E-state index contributed by atoms with van der Waals surface area (Å²) in [6.45, 7) is 2.29. The Balaban J connectivity index is 1.56. The Labute approximate surface area is 149 Å². The van der Waals surface area contributed by atoms with Gasteiger partial charge in [0.1, 0.15) is 0 Å². The highest BCUT2D eigenvalue weighted by Crippen LogP contribution is 2.23. The molecule has 0 aliphatic carbocycles. The van der Waals surface area contributed by atoms with E-state index in [2.05, 4.69) is 29.6 Å². The van der Waals surface area contributed by atoms with Crippen LogP contribution in [0.5, 0.6) is 0 Å². The highest BCUT2D eigenvalue weighted by Gasteiger charge is 2.26. The molecule has 2 aromatic carbocycles. The van der Waals surface area contributed by atoms with Crippen LogP contribution in [0.4, 0.5) is 10.5 Å². The summed E-state index contributed by atoms with van der Waals surface area (Å²) in [6.07, 6.45) is 2.90. The maximum atomic E-state index is 12.6. The smallest absolute Gasteiger partial charge is 0.321 e. The van der Waals surface area contributed by atoms with Crippen LogP contribution in [0, 0.1) is 5.92 Å². The molecular formula is C21H26N2O2. The van der Waals surface area contributed by atoms with Gasteiger partial charge in [-0.25, -0.2) is 4.79 Å². The Bertz CT molecular complexity index is 687. The fraction of sp³-hybridized carbons (Fsp3) is 0.381. The van der Waals surface area contributed by atoms with Crippen molar-refractivity contribution in [3.63, 3.8) is 0 Å². The number of hydrogen-bond acceptors (Lipinski definition) is 2. The molecule has 1 heterocycles. The van der Waals surface area contributed by atoms with Crippen LogP contribution < -0.4 is 5.32 Å². The summed E-state index contributed by atoms with van der Waals surface area (Å²) in [5, 5.41) is 3.08. The second kappa shape index (κ2) is 8.67. The van der Waals surface area contributed by atoms with E-state index in [1.165, 1.54) is 5.56 Å². The van der Waals surface area contributed by atoms with Crippen LogP contribution in [0.25, 0.3) is 0 Å². The predicted molar refractivity (Wildman–Crippen MR) is 101 cm³/mol. The maximum absolute atomic E-state index is 12.6. The Kier molecular flexibility index (Phi) is 6.07. The number of likely N-dealkylation sites (tertiary alicyclic amines) is 1. The first-order chi connectivity index (χ1) is 12.3. The van der Waals surface area contributed by atoms with E-state index in [0.717, 1.165) is 43.6 Å². The van der Waals surface area contributed by atoms with Crippen molar-refractivity contribution in [2.24, 2.45) is 5.92 Å². The minimum absolute atomic E-state index is 0.000397. The van der Waals surface area contributed by atoms with Crippen LogP contribution in [-0.4, -0.2) is 37.7 Å². The first kappa shape index (κ1) is 17.5. The van der Waals surface area contributed by atoms with E-state index in [1.54, 1.807) is 7.11 Å². The number of nitrogens with one attached hydrogen (secondary N) is 1. The topological polar surface area (TPSA) is 41.6 Å². The van der Waals surface area contributed by atoms with E-state index in [-0.39, 0.29) is 6.03 Å². The molecule has 1 saturated heterocycles. The van der Waals surface area contributed by atoms with E-state index < -0.39 is 0 Å². The average molecular weight is 338 g/mol. The van der Waals surface area contributed by atoms with Crippen molar-refractivity contribution in [1.29, 1.82) is 0 Å². The lowest BCUT2D eigenvalue weighted by atomic mass is 9.99. The van der Waals surface area contributed by atoms with Gasteiger partial charge in [0.25, 0.3) is 0 Å². The number of hydrogen-bond donors (Lipinski definition) is 1. The van der Waals surface area contributed by atoms with Crippen molar-refractivity contribution in [2.45, 2.75) is 19.3 Å². The number of carbonyl (C=O) groups is 1. The molecule has 4 heteroatoms. The van der Waals surface area contributed by atoms with E-state index in [4.69, 9.17) is 4.74 Å². The van der Waals surface area contributed by atoms with Gasteiger partial charge in [0.2, 0.25) is 0 Å². The SMILES string of the molecule is COCCc1ccccc1NC(=O)N1CC[C@@H](Cc2ccccc2)C1. The summed E-state index contributed by atoms with van der Waals surface area (Å²) >= 11 is 0. The molecule has 25 heavy (non-hydrogen) atoms. The van der Waals surface area contributed by atoms with Crippen LogP contribution in [0.2, 0.25) is 0 Å². The molecule has 0 unspecified atom stereocenters. The molecule has 0 spiro atoms. The van der Waals surface area contributed by atoms with Crippen molar-refractivity contribution in [1.82, 2.24) is 4.90 Å². The minimum Gasteiger partial charge on any atom is -0.384 e. The van der Waals surface area contributed by atoms with Crippen molar-refractivity contribution in [3.05, 3.63) is 65.7 Å². The third-order valence-corrected chi connectivity index (χ3v) is 4.77. The van der Waals surface area contributed by atoms with Crippen molar-refractivity contribution >= 4 is 11.7 Å². The van der Waals surface area contributed by atoms with Gasteiger partial charge in [0.05, 0.1) is 6.61 Å². The summed E-state index contributed by atoms with van der Waals surface area (Å²) in [6, 6.07) is 18.5. The maximum Gasteiger partial charge on any atom is 0.321 e. The van der Waals surface area contributed by atoms with E-state index >= 15 is 0 Å². The summed E-state index contributed by atoms with van der Waals surface area (Å²) in [5.41, 5.74) is 3.34. The second-order valence-electron chi connectivity index (χ2n) is 6.62. The van der Waals surface area contributed by atoms with Gasteiger partial charge in [-0.15, -0.1) is 0 Å². The van der Waals surface area contributed by atoms with E-state index in [1.807, 2.05) is 35.2 Å². The number of ether oxygens (including phenoxy) is 1. The number of para-hydroxylation sites is 1. The molecule has 1 aliphatic heterocycles. The molecule has 2 amide bonds. The normalized spacial score (nSPS) is 16.8. The fourth-order valence-electron chi connectivity index (χ4n) is 3.40. The third kappa shape index (κ3) is 4.83. The molecule has 132 valence electrons. The van der Waals surface area contributed by atoms with Crippen molar-refractivity contribution in [2.75, 3.05) is 32.1 Å². The minimum atomic E-state index is 0.000397. The monoisotopic (exact) mass is 338 g/mol. The summed E-state index contributed by atoms with van der Waals surface area (Å²) in [4.78, 5) is 14.6. The summed E-state index contributed by atoms with van der Waals surface area (Å²) in [7, 11) is 1.69. The molecule has 1 atom stereocenters. The van der Waals surface area contributed by atoms with E-state index in [9.17, 15) is 4.79 Å². The van der Waals surface area contributed by atoms with E-state index in [0.29, 0.717) is 12.5 Å².